The molecule has 0 aliphatic carbocycles. The summed E-state index contributed by atoms with van der Waals surface area (Å²) >= 11 is 0. The van der Waals surface area contributed by atoms with E-state index in [1.165, 1.54) is 4.90 Å². The van der Waals surface area contributed by atoms with Crippen LogP contribution in [0.3, 0.4) is 0 Å². The second-order valence-electron chi connectivity index (χ2n) is 5.89. The van der Waals surface area contributed by atoms with Crippen LogP contribution in [0.1, 0.15) is 40.0 Å². The molecule has 5 heteroatoms. The zero-order valence-electron chi connectivity index (χ0n) is 10.7. The van der Waals surface area contributed by atoms with E-state index in [4.69, 9.17) is 9.47 Å². The number of rotatable bonds is 0. The van der Waals surface area contributed by atoms with Crippen LogP contribution in [-0.4, -0.2) is 46.7 Å². The second kappa shape index (κ2) is 4.14. The molecule has 2 bridgehead atoms. The first-order chi connectivity index (χ1) is 7.82. The largest absolute Gasteiger partial charge is 0.444 e. The number of nitrogens with zero attached hydrogens (tertiary/aromatic N) is 1. The highest BCUT2D eigenvalue weighted by molar-refractivity contribution is 5.69. The van der Waals surface area contributed by atoms with E-state index in [2.05, 4.69) is 0 Å². The minimum atomic E-state index is -1.18. The molecule has 1 amide bonds. The maximum absolute atomic E-state index is 12.1. The van der Waals surface area contributed by atoms with Crippen LogP contribution in [0.2, 0.25) is 0 Å². The number of aliphatic hydroxyl groups is 1. The fourth-order valence-corrected chi connectivity index (χ4v) is 2.50. The molecule has 2 heterocycles. The van der Waals surface area contributed by atoms with Crippen LogP contribution in [0.25, 0.3) is 0 Å². The second-order valence-corrected chi connectivity index (χ2v) is 5.89. The van der Waals surface area contributed by atoms with Gasteiger partial charge in [0.25, 0.3) is 0 Å². The van der Waals surface area contributed by atoms with Crippen LogP contribution < -0.4 is 0 Å². The number of ether oxygens (including phenoxy) is 2. The van der Waals surface area contributed by atoms with Gasteiger partial charge in [-0.2, -0.15) is 0 Å². The number of fused-ring (bicyclic) bond motifs is 2. The Kier molecular flexibility index (Phi) is 3.08. The maximum atomic E-state index is 12.1. The average molecular weight is 243 g/mol. The van der Waals surface area contributed by atoms with Crippen LogP contribution in [0.4, 0.5) is 4.79 Å². The van der Waals surface area contributed by atoms with Crippen molar-refractivity contribution in [3.8, 4) is 0 Å². The van der Waals surface area contributed by atoms with Gasteiger partial charge < -0.3 is 14.6 Å². The molecule has 0 aromatic rings. The molecule has 2 unspecified atom stereocenters. The van der Waals surface area contributed by atoms with E-state index >= 15 is 0 Å². The number of hydrogen-bond acceptors (Lipinski definition) is 4. The summed E-state index contributed by atoms with van der Waals surface area (Å²) < 4.78 is 10.7. The minimum Gasteiger partial charge on any atom is -0.444 e. The third-order valence-corrected chi connectivity index (χ3v) is 3.16. The van der Waals surface area contributed by atoms with Crippen molar-refractivity contribution in [2.45, 2.75) is 57.4 Å². The molecule has 0 saturated carbocycles. The molecule has 17 heavy (non-hydrogen) atoms. The Morgan fingerprint density at radius 3 is 2.82 bits per heavy atom. The molecule has 0 aromatic heterocycles. The van der Waals surface area contributed by atoms with Gasteiger partial charge in [0, 0.05) is 0 Å². The van der Waals surface area contributed by atoms with Crippen molar-refractivity contribution >= 4 is 6.09 Å². The SMILES string of the molecule is CC(C)(C)OC(=O)N1C2CCCC1(O)COC2. The van der Waals surface area contributed by atoms with E-state index < -0.39 is 17.4 Å². The fourth-order valence-electron chi connectivity index (χ4n) is 2.50. The smallest absolute Gasteiger partial charge is 0.412 e. The van der Waals surface area contributed by atoms with E-state index in [1.807, 2.05) is 20.8 Å². The van der Waals surface area contributed by atoms with E-state index in [0.717, 1.165) is 12.8 Å². The molecule has 0 radical (unpaired) electrons. The lowest BCUT2D eigenvalue weighted by Crippen LogP contribution is -2.66. The predicted octanol–water partition coefficient (Wildman–Crippen LogP) is 1.49. The van der Waals surface area contributed by atoms with Gasteiger partial charge in [-0.05, 0) is 40.0 Å². The molecule has 2 aliphatic rings. The van der Waals surface area contributed by atoms with Crippen molar-refractivity contribution in [1.82, 2.24) is 4.90 Å². The Labute approximate surface area is 102 Å². The van der Waals surface area contributed by atoms with E-state index in [-0.39, 0.29) is 12.6 Å². The van der Waals surface area contributed by atoms with Gasteiger partial charge in [0.2, 0.25) is 0 Å². The van der Waals surface area contributed by atoms with Gasteiger partial charge in [-0.25, -0.2) is 4.79 Å². The van der Waals surface area contributed by atoms with Crippen LogP contribution in [0.5, 0.6) is 0 Å². The number of morpholine rings is 1. The number of hydrogen-bond donors (Lipinski definition) is 1. The number of carbonyl (C=O) groups is 1. The molecule has 0 spiro atoms. The van der Waals surface area contributed by atoms with Crippen molar-refractivity contribution in [3.63, 3.8) is 0 Å². The Balaban J connectivity index is 2.15. The molecule has 0 aromatic carbocycles. The maximum Gasteiger partial charge on any atom is 0.412 e. The van der Waals surface area contributed by atoms with Crippen LogP contribution >= 0.6 is 0 Å². The van der Waals surface area contributed by atoms with Gasteiger partial charge >= 0.3 is 6.09 Å². The molecular weight excluding hydrogens is 222 g/mol. The lowest BCUT2D eigenvalue weighted by Gasteiger charge is -2.50. The molecule has 2 saturated heterocycles. The Morgan fingerprint density at radius 2 is 2.24 bits per heavy atom. The van der Waals surface area contributed by atoms with Gasteiger partial charge in [-0.1, -0.05) is 0 Å². The standard InChI is InChI=1S/C12H21NO4/c1-11(2,3)17-10(14)13-9-5-4-6-12(13,15)8-16-7-9/h9,15H,4-8H2,1-3H3. The molecule has 2 rings (SSSR count). The monoisotopic (exact) mass is 243 g/mol. The highest BCUT2D eigenvalue weighted by atomic mass is 16.6. The number of piperidine rings is 1. The number of carbonyl (C=O) groups excluding carboxylic acids is 1. The lowest BCUT2D eigenvalue weighted by atomic mass is 9.92. The fraction of sp³-hybridized carbons (Fsp3) is 0.917. The highest BCUT2D eigenvalue weighted by Gasteiger charge is 2.49. The van der Waals surface area contributed by atoms with Crippen molar-refractivity contribution in [3.05, 3.63) is 0 Å². The van der Waals surface area contributed by atoms with Crippen molar-refractivity contribution in [2.24, 2.45) is 0 Å². The molecule has 1 N–H and O–H groups in total. The Hall–Kier alpha value is -0.810. The molecule has 2 atom stereocenters. The minimum absolute atomic E-state index is 0.0580. The Morgan fingerprint density at radius 1 is 1.53 bits per heavy atom. The van der Waals surface area contributed by atoms with E-state index in [9.17, 15) is 9.90 Å². The molecular formula is C12H21NO4. The first kappa shape index (κ1) is 12.6. The summed E-state index contributed by atoms with van der Waals surface area (Å²) in [7, 11) is 0. The van der Waals surface area contributed by atoms with E-state index in [0.29, 0.717) is 13.0 Å². The van der Waals surface area contributed by atoms with Crippen LogP contribution in [0.15, 0.2) is 0 Å². The highest BCUT2D eigenvalue weighted by Crippen LogP contribution is 2.35. The van der Waals surface area contributed by atoms with Gasteiger partial charge in [0.05, 0.1) is 19.3 Å². The zero-order chi connectivity index (χ0) is 12.7. The lowest BCUT2D eigenvalue weighted by molar-refractivity contribution is -0.220. The average Bonchev–Trinajstić information content (AvgIpc) is 2.12. The summed E-state index contributed by atoms with van der Waals surface area (Å²) in [4.78, 5) is 13.6. The van der Waals surface area contributed by atoms with Gasteiger partial charge in [-0.3, -0.25) is 4.90 Å². The topological polar surface area (TPSA) is 59.0 Å². The quantitative estimate of drug-likeness (QED) is 0.700. The van der Waals surface area contributed by atoms with Crippen LogP contribution in [0, 0.1) is 0 Å². The van der Waals surface area contributed by atoms with Gasteiger partial charge in [0.15, 0.2) is 5.72 Å². The molecule has 98 valence electrons. The summed E-state index contributed by atoms with van der Waals surface area (Å²) in [6.07, 6.45) is 1.90. The molecule has 2 aliphatic heterocycles. The Bertz CT molecular complexity index is 300. The predicted molar refractivity (Wildman–Crippen MR) is 61.5 cm³/mol. The number of amides is 1. The summed E-state index contributed by atoms with van der Waals surface area (Å²) in [5, 5.41) is 10.4. The third kappa shape index (κ3) is 2.55. The van der Waals surface area contributed by atoms with Crippen molar-refractivity contribution < 1.29 is 19.4 Å². The van der Waals surface area contributed by atoms with Gasteiger partial charge in [0.1, 0.15) is 5.60 Å². The molecule has 2 fully saturated rings. The summed E-state index contributed by atoms with van der Waals surface area (Å²) in [5.74, 6) is 0. The first-order valence-corrected chi connectivity index (χ1v) is 6.14. The summed E-state index contributed by atoms with van der Waals surface area (Å²) in [6.45, 7) is 6.14. The third-order valence-electron chi connectivity index (χ3n) is 3.16. The van der Waals surface area contributed by atoms with Crippen molar-refractivity contribution in [2.75, 3.05) is 13.2 Å². The summed E-state index contributed by atoms with van der Waals surface area (Å²) in [6, 6.07) is -0.0580. The van der Waals surface area contributed by atoms with E-state index in [1.54, 1.807) is 0 Å². The first-order valence-electron chi connectivity index (χ1n) is 6.14. The molecule has 5 nitrogen and oxygen atoms in total. The van der Waals surface area contributed by atoms with Crippen molar-refractivity contribution in [1.29, 1.82) is 0 Å². The normalized spacial score (nSPS) is 33.4. The zero-order valence-corrected chi connectivity index (χ0v) is 10.7. The van der Waals surface area contributed by atoms with Crippen LogP contribution in [-0.2, 0) is 9.47 Å². The van der Waals surface area contributed by atoms with Gasteiger partial charge in [-0.15, -0.1) is 0 Å². The summed E-state index contributed by atoms with van der Waals surface area (Å²) in [5.41, 5.74) is -1.72.